The first kappa shape index (κ1) is 17.4. The summed E-state index contributed by atoms with van der Waals surface area (Å²) >= 11 is 5.38. The second-order valence-electron chi connectivity index (χ2n) is 7.29. The van der Waals surface area contributed by atoms with Gasteiger partial charge in [-0.1, -0.05) is 63.2 Å². The number of nitrogens with one attached hydrogen (secondary N) is 1. The first-order valence-corrected chi connectivity index (χ1v) is 8.71. The van der Waals surface area contributed by atoms with Crippen LogP contribution < -0.4 is 10.2 Å². The first-order chi connectivity index (χ1) is 11.8. The van der Waals surface area contributed by atoms with Crippen LogP contribution in [-0.2, 0) is 10.2 Å². The van der Waals surface area contributed by atoms with Crippen molar-refractivity contribution >= 4 is 35.0 Å². The van der Waals surface area contributed by atoms with E-state index >= 15 is 0 Å². The molecule has 128 valence electrons. The highest BCUT2D eigenvalue weighted by molar-refractivity contribution is 7.80. The summed E-state index contributed by atoms with van der Waals surface area (Å²) < 4.78 is 0. The van der Waals surface area contributed by atoms with Crippen molar-refractivity contribution in [2.45, 2.75) is 33.1 Å². The summed E-state index contributed by atoms with van der Waals surface area (Å²) in [4.78, 5) is 14.4. The number of amides is 1. The Morgan fingerprint density at radius 1 is 1.04 bits per heavy atom. The highest BCUT2D eigenvalue weighted by Gasteiger charge is 2.32. The number of carbonyl (C=O) groups excluding carboxylic acids is 1. The Kier molecular flexibility index (Phi) is 4.48. The van der Waals surface area contributed by atoms with Gasteiger partial charge in [0.2, 0.25) is 0 Å². The minimum Gasteiger partial charge on any atom is -0.327 e. The van der Waals surface area contributed by atoms with Gasteiger partial charge in [-0.05, 0) is 53.4 Å². The van der Waals surface area contributed by atoms with Crippen molar-refractivity contribution in [3.05, 3.63) is 70.9 Å². The van der Waals surface area contributed by atoms with Crippen LogP contribution in [0.15, 0.2) is 54.2 Å². The lowest BCUT2D eigenvalue weighted by Gasteiger charge is -2.18. The average molecular weight is 350 g/mol. The van der Waals surface area contributed by atoms with Gasteiger partial charge in [0.05, 0.1) is 5.69 Å². The van der Waals surface area contributed by atoms with Crippen LogP contribution in [-0.4, -0.2) is 11.0 Å². The molecule has 0 saturated carbocycles. The summed E-state index contributed by atoms with van der Waals surface area (Å²) in [5, 5.41) is 3.46. The maximum absolute atomic E-state index is 12.8. The third-order valence-electron chi connectivity index (χ3n) is 4.32. The van der Waals surface area contributed by atoms with E-state index in [1.807, 2.05) is 49.4 Å². The largest absolute Gasteiger partial charge is 0.327 e. The molecule has 0 atom stereocenters. The van der Waals surface area contributed by atoms with Crippen LogP contribution in [0.4, 0.5) is 5.69 Å². The molecule has 3 rings (SSSR count). The number of aryl methyl sites for hydroxylation is 1. The van der Waals surface area contributed by atoms with Gasteiger partial charge < -0.3 is 5.32 Å². The molecule has 1 amide bonds. The maximum atomic E-state index is 12.8. The Bertz CT molecular complexity index is 860. The number of benzene rings is 2. The van der Waals surface area contributed by atoms with Gasteiger partial charge in [0.1, 0.15) is 5.70 Å². The van der Waals surface area contributed by atoms with E-state index in [2.05, 4.69) is 38.2 Å². The van der Waals surface area contributed by atoms with E-state index < -0.39 is 0 Å². The lowest BCUT2D eigenvalue weighted by Crippen LogP contribution is -2.30. The van der Waals surface area contributed by atoms with E-state index in [9.17, 15) is 4.79 Å². The fourth-order valence-corrected chi connectivity index (χ4v) is 3.11. The van der Waals surface area contributed by atoms with Gasteiger partial charge in [-0.3, -0.25) is 9.69 Å². The normalized spacial score (nSPS) is 16.5. The highest BCUT2D eigenvalue weighted by Crippen LogP contribution is 2.26. The molecule has 0 aromatic heterocycles. The molecule has 1 fully saturated rings. The third-order valence-corrected chi connectivity index (χ3v) is 4.61. The van der Waals surface area contributed by atoms with Crippen molar-refractivity contribution in [2.24, 2.45) is 0 Å². The molecule has 2 aromatic carbocycles. The molecule has 0 bridgehead atoms. The summed E-state index contributed by atoms with van der Waals surface area (Å²) in [7, 11) is 0. The fraction of sp³-hybridized carbons (Fsp3) is 0.238. The molecule has 3 nitrogen and oxygen atoms in total. The van der Waals surface area contributed by atoms with E-state index in [0.717, 1.165) is 16.8 Å². The molecule has 1 aliphatic rings. The fourth-order valence-electron chi connectivity index (χ4n) is 2.81. The van der Waals surface area contributed by atoms with Gasteiger partial charge in [-0.2, -0.15) is 0 Å². The predicted octanol–water partition coefficient (Wildman–Crippen LogP) is 4.55. The molecule has 0 aliphatic carbocycles. The summed E-state index contributed by atoms with van der Waals surface area (Å²) in [5.41, 5.74) is 4.66. The molecule has 0 radical (unpaired) electrons. The Morgan fingerprint density at radius 3 is 2.28 bits per heavy atom. The van der Waals surface area contributed by atoms with Crippen molar-refractivity contribution in [1.82, 2.24) is 5.32 Å². The number of hydrogen-bond acceptors (Lipinski definition) is 2. The van der Waals surface area contributed by atoms with Crippen LogP contribution in [0.25, 0.3) is 6.08 Å². The van der Waals surface area contributed by atoms with Crippen molar-refractivity contribution in [3.63, 3.8) is 0 Å². The van der Waals surface area contributed by atoms with Crippen LogP contribution in [0.5, 0.6) is 0 Å². The van der Waals surface area contributed by atoms with E-state index in [4.69, 9.17) is 12.2 Å². The Hall–Kier alpha value is -2.46. The Labute approximate surface area is 154 Å². The number of para-hydroxylation sites is 1. The zero-order valence-corrected chi connectivity index (χ0v) is 15.8. The minimum atomic E-state index is -0.126. The van der Waals surface area contributed by atoms with Crippen molar-refractivity contribution in [1.29, 1.82) is 0 Å². The summed E-state index contributed by atoms with van der Waals surface area (Å²) in [5.74, 6) is -0.126. The topological polar surface area (TPSA) is 32.3 Å². The Balaban J connectivity index is 1.89. The summed E-state index contributed by atoms with van der Waals surface area (Å²) in [6.07, 6.45) is 1.85. The lowest BCUT2D eigenvalue weighted by molar-refractivity contribution is -0.113. The summed E-state index contributed by atoms with van der Waals surface area (Å²) in [6.45, 7) is 8.52. The zero-order chi connectivity index (χ0) is 18.2. The van der Waals surface area contributed by atoms with E-state index in [0.29, 0.717) is 10.8 Å². The van der Waals surface area contributed by atoms with E-state index in [-0.39, 0.29) is 11.3 Å². The number of hydrogen-bond donors (Lipinski definition) is 1. The molecule has 2 aromatic rings. The molecule has 4 heteroatoms. The zero-order valence-electron chi connectivity index (χ0n) is 15.0. The van der Waals surface area contributed by atoms with Gasteiger partial charge in [0.25, 0.3) is 5.91 Å². The van der Waals surface area contributed by atoms with Crippen LogP contribution in [0.2, 0.25) is 0 Å². The van der Waals surface area contributed by atoms with Gasteiger partial charge in [-0.25, -0.2) is 0 Å². The number of anilines is 1. The summed E-state index contributed by atoms with van der Waals surface area (Å²) in [6, 6.07) is 16.0. The van der Waals surface area contributed by atoms with Crippen LogP contribution >= 0.6 is 12.2 Å². The average Bonchev–Trinajstić information content (AvgIpc) is 2.82. The maximum Gasteiger partial charge on any atom is 0.281 e. The molecule has 1 aliphatic heterocycles. The first-order valence-electron chi connectivity index (χ1n) is 8.31. The Morgan fingerprint density at radius 2 is 1.68 bits per heavy atom. The minimum absolute atomic E-state index is 0.107. The second kappa shape index (κ2) is 6.45. The molecule has 0 unspecified atom stereocenters. The quantitative estimate of drug-likeness (QED) is 0.637. The van der Waals surface area contributed by atoms with Gasteiger partial charge in [-0.15, -0.1) is 0 Å². The predicted molar refractivity (Wildman–Crippen MR) is 108 cm³/mol. The highest BCUT2D eigenvalue weighted by atomic mass is 32.1. The molecule has 25 heavy (non-hydrogen) atoms. The van der Waals surface area contributed by atoms with Crippen LogP contribution in [0.1, 0.15) is 37.5 Å². The van der Waals surface area contributed by atoms with Crippen molar-refractivity contribution in [2.75, 3.05) is 4.90 Å². The monoisotopic (exact) mass is 350 g/mol. The number of carbonyl (C=O) groups is 1. The second-order valence-corrected chi connectivity index (χ2v) is 7.67. The smallest absolute Gasteiger partial charge is 0.281 e. The van der Waals surface area contributed by atoms with Crippen molar-refractivity contribution < 1.29 is 4.79 Å². The lowest BCUT2D eigenvalue weighted by atomic mass is 9.87. The molecular weight excluding hydrogens is 328 g/mol. The number of nitrogens with zero attached hydrogens (tertiary/aromatic N) is 1. The van der Waals surface area contributed by atoms with Crippen LogP contribution in [0.3, 0.4) is 0 Å². The van der Waals surface area contributed by atoms with Gasteiger partial charge in [0.15, 0.2) is 5.11 Å². The number of rotatable bonds is 2. The van der Waals surface area contributed by atoms with Gasteiger partial charge >= 0.3 is 0 Å². The van der Waals surface area contributed by atoms with E-state index in [1.54, 1.807) is 4.90 Å². The van der Waals surface area contributed by atoms with Gasteiger partial charge in [0, 0.05) is 0 Å². The molecular formula is C21H22N2OS. The number of thiocarbonyl (C=S) groups is 1. The molecule has 0 spiro atoms. The SMILES string of the molecule is Cc1ccccc1N1C(=O)/C(=C\c2ccc(C(C)(C)C)cc2)NC1=S. The van der Waals surface area contributed by atoms with Crippen molar-refractivity contribution in [3.8, 4) is 0 Å². The van der Waals surface area contributed by atoms with Crippen LogP contribution in [0, 0.1) is 6.92 Å². The standard InChI is InChI=1S/C21H22N2OS/c1-14-7-5-6-8-18(14)23-19(24)17(22-20(23)25)13-15-9-11-16(12-10-15)21(2,3)4/h5-13H,1-4H3,(H,22,25)/b17-13+. The molecule has 1 N–H and O–H groups in total. The van der Waals surface area contributed by atoms with E-state index in [1.165, 1.54) is 5.56 Å². The third kappa shape index (κ3) is 3.49. The molecule has 1 heterocycles. The molecule has 1 saturated heterocycles.